The Morgan fingerprint density at radius 1 is 1.39 bits per heavy atom. The maximum absolute atomic E-state index is 14.0. The van der Waals surface area contributed by atoms with Gasteiger partial charge in [0.25, 0.3) is 0 Å². The molecule has 0 unspecified atom stereocenters. The Morgan fingerprint density at radius 3 is 2.78 bits per heavy atom. The lowest BCUT2D eigenvalue weighted by molar-refractivity contribution is -0.0169. The van der Waals surface area contributed by atoms with Crippen LogP contribution in [0, 0.1) is 5.92 Å². The molecule has 0 spiro atoms. The largest absolute Gasteiger partial charge is 0.393 e. The van der Waals surface area contributed by atoms with Crippen LogP contribution in [0.5, 0.6) is 0 Å². The molecule has 0 atom stereocenters. The van der Waals surface area contributed by atoms with E-state index in [9.17, 15) is 4.39 Å². The van der Waals surface area contributed by atoms with Crippen molar-refractivity contribution in [3.8, 4) is 11.5 Å². The Morgan fingerprint density at radius 2 is 2.17 bits per heavy atom. The summed E-state index contributed by atoms with van der Waals surface area (Å²) in [6.07, 6.45) is 3.33. The van der Waals surface area contributed by atoms with Crippen molar-refractivity contribution in [1.82, 2.24) is 19.7 Å². The number of alkyl halides is 1. The van der Waals surface area contributed by atoms with Gasteiger partial charge in [0, 0.05) is 18.7 Å². The van der Waals surface area contributed by atoms with Gasteiger partial charge in [-0.1, -0.05) is 19.9 Å². The highest BCUT2D eigenvalue weighted by molar-refractivity contribution is 5.48. The normalized spacial score (nSPS) is 24.0. The van der Waals surface area contributed by atoms with Gasteiger partial charge in [0.15, 0.2) is 5.82 Å². The summed E-state index contributed by atoms with van der Waals surface area (Å²) in [7, 11) is 0. The number of aliphatic hydroxyl groups excluding tert-OH is 1. The molecule has 1 aliphatic carbocycles. The number of hydrogen-bond donors (Lipinski definition) is 1. The Labute approximate surface area is 135 Å². The number of aliphatic hydroxyl groups is 1. The lowest BCUT2D eigenvalue weighted by Gasteiger charge is -2.39. The van der Waals surface area contributed by atoms with Crippen LogP contribution in [-0.2, 0) is 6.54 Å². The third-order valence-electron chi connectivity index (χ3n) is 4.39. The molecule has 2 heterocycles. The minimum atomic E-state index is -1.45. The standard InChI is InChI=1S/C17H23FN4O/c1-12(2)6-8-22-16(13-9-17(18,10-13)11-23)20-15(21-22)14-5-3-4-7-19-14/h3-5,7,12-13,23H,6,8-11H2,1-2H3. The molecule has 6 heteroatoms. The van der Waals surface area contributed by atoms with E-state index in [1.54, 1.807) is 6.20 Å². The van der Waals surface area contributed by atoms with Gasteiger partial charge in [-0.3, -0.25) is 4.98 Å². The van der Waals surface area contributed by atoms with Crippen molar-refractivity contribution in [3.05, 3.63) is 30.2 Å². The molecule has 0 aromatic carbocycles. The molecule has 124 valence electrons. The zero-order chi connectivity index (χ0) is 16.4. The molecule has 0 saturated heterocycles. The van der Waals surface area contributed by atoms with Crippen molar-refractivity contribution in [1.29, 1.82) is 0 Å². The molecule has 0 amide bonds. The fourth-order valence-corrected chi connectivity index (χ4v) is 2.94. The van der Waals surface area contributed by atoms with E-state index in [4.69, 9.17) is 5.11 Å². The lowest BCUT2D eigenvalue weighted by atomic mass is 9.72. The molecule has 2 aromatic heterocycles. The van der Waals surface area contributed by atoms with Crippen LogP contribution in [0.4, 0.5) is 4.39 Å². The average molecular weight is 318 g/mol. The average Bonchev–Trinajstić information content (AvgIpc) is 2.94. The molecular weight excluding hydrogens is 295 g/mol. The predicted molar refractivity (Wildman–Crippen MR) is 85.6 cm³/mol. The minimum absolute atomic E-state index is 0.0178. The van der Waals surface area contributed by atoms with Gasteiger partial charge >= 0.3 is 0 Å². The molecular formula is C17H23FN4O. The zero-order valence-corrected chi connectivity index (χ0v) is 13.6. The van der Waals surface area contributed by atoms with Gasteiger partial charge in [0.2, 0.25) is 0 Å². The van der Waals surface area contributed by atoms with E-state index >= 15 is 0 Å². The summed E-state index contributed by atoms with van der Waals surface area (Å²) in [5.41, 5.74) is -0.727. The minimum Gasteiger partial charge on any atom is -0.393 e. The summed E-state index contributed by atoms with van der Waals surface area (Å²) < 4.78 is 15.9. The summed E-state index contributed by atoms with van der Waals surface area (Å²) in [6.45, 7) is 4.67. The maximum atomic E-state index is 14.0. The van der Waals surface area contributed by atoms with Gasteiger partial charge in [-0.25, -0.2) is 14.1 Å². The van der Waals surface area contributed by atoms with E-state index in [0.29, 0.717) is 24.6 Å². The molecule has 5 nitrogen and oxygen atoms in total. The van der Waals surface area contributed by atoms with Crippen LogP contribution in [0.1, 0.15) is 44.9 Å². The Hall–Kier alpha value is -1.82. The third-order valence-corrected chi connectivity index (χ3v) is 4.39. The lowest BCUT2D eigenvalue weighted by Crippen LogP contribution is -2.42. The van der Waals surface area contributed by atoms with Gasteiger partial charge in [0.05, 0.1) is 6.61 Å². The van der Waals surface area contributed by atoms with Gasteiger partial charge in [-0.15, -0.1) is 5.10 Å². The molecule has 0 aliphatic heterocycles. The van der Waals surface area contributed by atoms with E-state index < -0.39 is 12.3 Å². The number of pyridine rings is 1. The van der Waals surface area contributed by atoms with Crippen LogP contribution >= 0.6 is 0 Å². The fraction of sp³-hybridized carbons (Fsp3) is 0.588. The first-order valence-corrected chi connectivity index (χ1v) is 8.17. The monoisotopic (exact) mass is 318 g/mol. The van der Waals surface area contributed by atoms with Crippen molar-refractivity contribution in [2.24, 2.45) is 5.92 Å². The van der Waals surface area contributed by atoms with Gasteiger partial charge < -0.3 is 5.11 Å². The number of nitrogens with zero attached hydrogens (tertiary/aromatic N) is 4. The first-order valence-electron chi connectivity index (χ1n) is 8.17. The van der Waals surface area contributed by atoms with Crippen LogP contribution in [0.15, 0.2) is 24.4 Å². The number of halogens is 1. The quantitative estimate of drug-likeness (QED) is 0.889. The van der Waals surface area contributed by atoms with E-state index in [-0.39, 0.29) is 5.92 Å². The van der Waals surface area contributed by atoms with Crippen LogP contribution < -0.4 is 0 Å². The van der Waals surface area contributed by atoms with Gasteiger partial charge in [-0.05, 0) is 37.3 Å². The summed E-state index contributed by atoms with van der Waals surface area (Å²) in [5.74, 6) is 1.98. The molecule has 2 aromatic rings. The van der Waals surface area contributed by atoms with Crippen molar-refractivity contribution in [3.63, 3.8) is 0 Å². The molecule has 1 saturated carbocycles. The van der Waals surface area contributed by atoms with Crippen molar-refractivity contribution < 1.29 is 9.50 Å². The summed E-state index contributed by atoms with van der Waals surface area (Å²) >= 11 is 0. The molecule has 1 aliphatic rings. The highest BCUT2D eigenvalue weighted by atomic mass is 19.1. The van der Waals surface area contributed by atoms with Crippen LogP contribution in [0.25, 0.3) is 11.5 Å². The summed E-state index contributed by atoms with van der Waals surface area (Å²) in [6, 6.07) is 5.63. The molecule has 1 fully saturated rings. The van der Waals surface area contributed by atoms with Crippen LogP contribution in [0.2, 0.25) is 0 Å². The van der Waals surface area contributed by atoms with Crippen molar-refractivity contribution >= 4 is 0 Å². The van der Waals surface area contributed by atoms with Gasteiger partial charge in [0.1, 0.15) is 17.2 Å². The topological polar surface area (TPSA) is 63.8 Å². The first kappa shape index (κ1) is 16.1. The van der Waals surface area contributed by atoms with E-state index in [1.165, 1.54) is 0 Å². The number of rotatable bonds is 6. The second-order valence-corrected chi connectivity index (χ2v) is 6.83. The highest BCUT2D eigenvalue weighted by Crippen LogP contribution is 2.46. The number of aromatic nitrogens is 4. The van der Waals surface area contributed by atoms with Crippen LogP contribution in [0.3, 0.4) is 0 Å². The highest BCUT2D eigenvalue weighted by Gasteiger charge is 2.47. The third kappa shape index (κ3) is 3.42. The molecule has 1 N–H and O–H groups in total. The smallest absolute Gasteiger partial charge is 0.200 e. The first-order chi connectivity index (χ1) is 11.0. The van der Waals surface area contributed by atoms with Crippen LogP contribution in [-0.4, -0.2) is 37.1 Å². The van der Waals surface area contributed by atoms with Crippen molar-refractivity contribution in [2.75, 3.05) is 6.61 Å². The Kier molecular flexibility index (Phi) is 4.43. The molecule has 0 bridgehead atoms. The fourth-order valence-electron chi connectivity index (χ4n) is 2.94. The van der Waals surface area contributed by atoms with E-state index in [0.717, 1.165) is 24.5 Å². The molecule has 3 rings (SSSR count). The predicted octanol–water partition coefficient (Wildman–Crippen LogP) is 2.96. The number of aryl methyl sites for hydroxylation is 1. The van der Waals surface area contributed by atoms with Gasteiger partial charge in [-0.2, -0.15) is 0 Å². The number of hydrogen-bond acceptors (Lipinski definition) is 4. The Balaban J connectivity index is 1.86. The second-order valence-electron chi connectivity index (χ2n) is 6.83. The maximum Gasteiger partial charge on any atom is 0.200 e. The van der Waals surface area contributed by atoms with Crippen molar-refractivity contribution in [2.45, 2.75) is 51.2 Å². The zero-order valence-electron chi connectivity index (χ0n) is 13.6. The Bertz CT molecular complexity index is 650. The summed E-state index contributed by atoms with van der Waals surface area (Å²) in [5, 5.41) is 13.7. The SMILES string of the molecule is CC(C)CCn1nc(-c2ccccn2)nc1C1CC(F)(CO)C1. The van der Waals surface area contributed by atoms with E-state index in [1.807, 2.05) is 22.9 Å². The second kappa shape index (κ2) is 6.35. The summed E-state index contributed by atoms with van der Waals surface area (Å²) in [4.78, 5) is 8.92. The molecule has 0 radical (unpaired) electrons. The molecule has 23 heavy (non-hydrogen) atoms. The van der Waals surface area contributed by atoms with E-state index in [2.05, 4.69) is 28.9 Å².